The summed E-state index contributed by atoms with van der Waals surface area (Å²) in [5.74, 6) is 0.0762. The van der Waals surface area contributed by atoms with Crippen LogP contribution in [0.4, 0.5) is 0 Å². The van der Waals surface area contributed by atoms with Crippen LogP contribution in [0.25, 0.3) is 0 Å². The van der Waals surface area contributed by atoms with Crippen LogP contribution in [-0.2, 0) is 9.53 Å². The first-order chi connectivity index (χ1) is 6.11. The maximum absolute atomic E-state index is 11.3. The number of hydrogen-bond donors (Lipinski definition) is 2. The van der Waals surface area contributed by atoms with E-state index in [2.05, 4.69) is 10.6 Å². The molecule has 0 aliphatic carbocycles. The van der Waals surface area contributed by atoms with E-state index in [9.17, 15) is 4.79 Å². The summed E-state index contributed by atoms with van der Waals surface area (Å²) < 4.78 is 5.01. The molecular weight excluding hydrogens is 168 g/mol. The Labute approximate surface area is 80.0 Å². The van der Waals surface area contributed by atoms with Crippen LogP contribution in [0.3, 0.4) is 0 Å². The van der Waals surface area contributed by atoms with Gasteiger partial charge in [-0.15, -0.1) is 0 Å². The number of nitrogens with one attached hydrogen (secondary N) is 2. The van der Waals surface area contributed by atoms with Gasteiger partial charge in [0.15, 0.2) is 0 Å². The molecule has 13 heavy (non-hydrogen) atoms. The number of ether oxygens (including phenoxy) is 1. The Morgan fingerprint density at radius 2 is 2.00 bits per heavy atom. The topological polar surface area (TPSA) is 50.4 Å². The first kappa shape index (κ1) is 12.4. The largest absolute Gasteiger partial charge is 0.380 e. The molecule has 4 heteroatoms. The van der Waals surface area contributed by atoms with Crippen molar-refractivity contribution >= 4 is 5.91 Å². The van der Waals surface area contributed by atoms with Gasteiger partial charge in [0.05, 0.1) is 6.10 Å². The van der Waals surface area contributed by atoms with E-state index in [0.29, 0.717) is 13.1 Å². The van der Waals surface area contributed by atoms with E-state index in [1.807, 2.05) is 20.9 Å². The summed E-state index contributed by atoms with van der Waals surface area (Å²) in [6, 6.07) is 0. The van der Waals surface area contributed by atoms with Crippen LogP contribution in [-0.4, -0.2) is 39.3 Å². The smallest absolute Gasteiger partial charge is 0.224 e. The summed E-state index contributed by atoms with van der Waals surface area (Å²) in [6.45, 7) is 5.09. The van der Waals surface area contributed by atoms with E-state index in [0.717, 1.165) is 0 Å². The predicted octanol–water partition coefficient (Wildman–Crippen LogP) is -0.00700. The second kappa shape index (κ2) is 6.86. The van der Waals surface area contributed by atoms with E-state index in [1.54, 1.807) is 7.11 Å². The van der Waals surface area contributed by atoms with Crippen molar-refractivity contribution in [3.05, 3.63) is 0 Å². The summed E-state index contributed by atoms with van der Waals surface area (Å²) in [6.07, 6.45) is 0.0748. The van der Waals surface area contributed by atoms with Gasteiger partial charge in [-0.1, -0.05) is 6.92 Å². The van der Waals surface area contributed by atoms with Crippen LogP contribution < -0.4 is 10.6 Å². The summed E-state index contributed by atoms with van der Waals surface area (Å²) >= 11 is 0. The third-order valence-corrected chi connectivity index (χ3v) is 1.92. The average Bonchev–Trinajstić information content (AvgIpc) is 2.13. The number of carbonyl (C=O) groups is 1. The lowest BCUT2D eigenvalue weighted by Gasteiger charge is -2.14. The molecular formula is C9H20N2O2. The lowest BCUT2D eigenvalue weighted by Crippen LogP contribution is -2.38. The number of carbonyl (C=O) groups excluding carboxylic acids is 1. The van der Waals surface area contributed by atoms with Crippen molar-refractivity contribution in [1.82, 2.24) is 10.6 Å². The third-order valence-electron chi connectivity index (χ3n) is 1.92. The zero-order valence-electron chi connectivity index (χ0n) is 8.89. The van der Waals surface area contributed by atoms with Crippen molar-refractivity contribution in [2.24, 2.45) is 5.92 Å². The molecule has 0 aromatic rings. The molecule has 0 aromatic carbocycles. The Bertz CT molecular complexity index is 151. The Balaban J connectivity index is 3.61. The molecule has 0 heterocycles. The highest BCUT2D eigenvalue weighted by molar-refractivity contribution is 5.78. The summed E-state index contributed by atoms with van der Waals surface area (Å²) in [5, 5.41) is 5.77. The molecule has 0 spiro atoms. The molecule has 0 aromatic heterocycles. The number of hydrogen-bond acceptors (Lipinski definition) is 3. The van der Waals surface area contributed by atoms with E-state index >= 15 is 0 Å². The molecule has 0 radical (unpaired) electrons. The van der Waals surface area contributed by atoms with Crippen LogP contribution in [0.15, 0.2) is 0 Å². The molecule has 2 unspecified atom stereocenters. The predicted molar refractivity (Wildman–Crippen MR) is 52.6 cm³/mol. The molecule has 0 bridgehead atoms. The Kier molecular flexibility index (Phi) is 6.54. The zero-order valence-corrected chi connectivity index (χ0v) is 8.89. The van der Waals surface area contributed by atoms with Crippen molar-refractivity contribution in [3.63, 3.8) is 0 Å². The summed E-state index contributed by atoms with van der Waals surface area (Å²) in [7, 11) is 3.47. The van der Waals surface area contributed by atoms with Crippen molar-refractivity contribution < 1.29 is 9.53 Å². The standard InChI is InChI=1S/C9H20N2O2/c1-7(5-10-3)9(12)11-6-8(2)13-4/h7-8,10H,5-6H2,1-4H3,(H,11,12). The van der Waals surface area contributed by atoms with Gasteiger partial charge in [0.25, 0.3) is 0 Å². The van der Waals surface area contributed by atoms with E-state index in [-0.39, 0.29) is 17.9 Å². The second-order valence-corrected chi connectivity index (χ2v) is 3.25. The summed E-state index contributed by atoms with van der Waals surface area (Å²) in [4.78, 5) is 11.3. The maximum atomic E-state index is 11.3. The van der Waals surface area contributed by atoms with Gasteiger partial charge in [0.2, 0.25) is 5.91 Å². The minimum Gasteiger partial charge on any atom is -0.380 e. The normalized spacial score (nSPS) is 15.1. The molecule has 0 saturated carbocycles. The number of rotatable bonds is 6. The summed E-state index contributed by atoms with van der Waals surface area (Å²) in [5.41, 5.74) is 0. The first-order valence-electron chi connectivity index (χ1n) is 4.57. The molecule has 0 aliphatic heterocycles. The second-order valence-electron chi connectivity index (χ2n) is 3.25. The van der Waals surface area contributed by atoms with Gasteiger partial charge < -0.3 is 15.4 Å². The minimum atomic E-state index is 0.00839. The molecule has 2 N–H and O–H groups in total. The van der Waals surface area contributed by atoms with Crippen LogP contribution in [0, 0.1) is 5.92 Å². The Morgan fingerprint density at radius 1 is 1.38 bits per heavy atom. The zero-order chi connectivity index (χ0) is 10.3. The van der Waals surface area contributed by atoms with E-state index < -0.39 is 0 Å². The van der Waals surface area contributed by atoms with Gasteiger partial charge >= 0.3 is 0 Å². The average molecular weight is 188 g/mol. The molecule has 0 aliphatic rings. The van der Waals surface area contributed by atoms with Crippen LogP contribution in [0.2, 0.25) is 0 Å². The third kappa shape index (κ3) is 5.60. The molecule has 4 nitrogen and oxygen atoms in total. The fourth-order valence-electron chi connectivity index (χ4n) is 0.901. The monoisotopic (exact) mass is 188 g/mol. The van der Waals surface area contributed by atoms with Gasteiger partial charge in [0, 0.05) is 26.1 Å². The quantitative estimate of drug-likeness (QED) is 0.616. The highest BCUT2D eigenvalue weighted by atomic mass is 16.5. The van der Waals surface area contributed by atoms with Crippen molar-refractivity contribution in [1.29, 1.82) is 0 Å². The highest BCUT2D eigenvalue weighted by Gasteiger charge is 2.11. The highest BCUT2D eigenvalue weighted by Crippen LogP contribution is 1.92. The van der Waals surface area contributed by atoms with Crippen molar-refractivity contribution in [3.8, 4) is 0 Å². The van der Waals surface area contributed by atoms with Crippen LogP contribution in [0.1, 0.15) is 13.8 Å². The van der Waals surface area contributed by atoms with Gasteiger partial charge in [-0.25, -0.2) is 0 Å². The van der Waals surface area contributed by atoms with Gasteiger partial charge in [0.1, 0.15) is 0 Å². The van der Waals surface area contributed by atoms with E-state index in [1.165, 1.54) is 0 Å². The van der Waals surface area contributed by atoms with E-state index in [4.69, 9.17) is 4.74 Å². The van der Waals surface area contributed by atoms with Gasteiger partial charge in [-0.2, -0.15) is 0 Å². The van der Waals surface area contributed by atoms with Gasteiger partial charge in [-0.3, -0.25) is 4.79 Å². The molecule has 0 fully saturated rings. The SMILES string of the molecule is CNCC(C)C(=O)NCC(C)OC. The number of methoxy groups -OCH3 is 1. The molecule has 78 valence electrons. The number of amides is 1. The maximum Gasteiger partial charge on any atom is 0.224 e. The van der Waals surface area contributed by atoms with Crippen molar-refractivity contribution in [2.75, 3.05) is 27.2 Å². The van der Waals surface area contributed by atoms with Gasteiger partial charge in [-0.05, 0) is 14.0 Å². The Hall–Kier alpha value is -0.610. The fourth-order valence-corrected chi connectivity index (χ4v) is 0.901. The fraction of sp³-hybridized carbons (Fsp3) is 0.889. The lowest BCUT2D eigenvalue weighted by molar-refractivity contribution is -0.124. The first-order valence-corrected chi connectivity index (χ1v) is 4.57. The lowest BCUT2D eigenvalue weighted by atomic mass is 10.1. The Morgan fingerprint density at radius 3 is 2.46 bits per heavy atom. The van der Waals surface area contributed by atoms with Crippen LogP contribution in [0.5, 0.6) is 0 Å². The molecule has 1 amide bonds. The van der Waals surface area contributed by atoms with Crippen molar-refractivity contribution in [2.45, 2.75) is 20.0 Å². The molecule has 0 rings (SSSR count). The molecule has 0 saturated heterocycles. The van der Waals surface area contributed by atoms with Crippen LogP contribution >= 0.6 is 0 Å². The molecule has 2 atom stereocenters. The minimum absolute atomic E-state index is 0.00839.